The van der Waals surface area contributed by atoms with Gasteiger partial charge in [0.1, 0.15) is 6.04 Å². The predicted molar refractivity (Wildman–Crippen MR) is 124 cm³/mol. The van der Waals surface area contributed by atoms with Crippen LogP contribution in [0, 0.1) is 23.7 Å². The molecule has 9 nitrogen and oxygen atoms in total. The molecule has 7 N–H and O–H groups in total. The van der Waals surface area contributed by atoms with Crippen LogP contribution in [-0.4, -0.2) is 48.6 Å². The fourth-order valence-electron chi connectivity index (χ4n) is 2.54. The van der Waals surface area contributed by atoms with E-state index < -0.39 is 17.9 Å². The molecule has 0 saturated heterocycles. The van der Waals surface area contributed by atoms with Crippen LogP contribution in [0.15, 0.2) is 48.5 Å². The largest absolute Gasteiger partial charge is 0.339 e. The lowest BCUT2D eigenvalue weighted by atomic mass is 10.1. The van der Waals surface area contributed by atoms with Crippen LogP contribution in [0.5, 0.6) is 0 Å². The van der Waals surface area contributed by atoms with Crippen molar-refractivity contribution < 1.29 is 19.6 Å². The first kappa shape index (κ1) is 25.1. The van der Waals surface area contributed by atoms with Crippen molar-refractivity contribution in [2.24, 2.45) is 5.73 Å². The number of carbonyl (C=O) groups is 3. The molecule has 2 aromatic rings. The van der Waals surface area contributed by atoms with E-state index in [1.807, 2.05) is 6.92 Å². The molecule has 0 heterocycles. The van der Waals surface area contributed by atoms with E-state index in [0.717, 1.165) is 12.1 Å². The van der Waals surface area contributed by atoms with Crippen LogP contribution in [0.4, 0.5) is 5.69 Å². The summed E-state index contributed by atoms with van der Waals surface area (Å²) in [5, 5.41) is 16.8. The Kier molecular flexibility index (Phi) is 10.1. The Balaban J connectivity index is 1.93. The van der Waals surface area contributed by atoms with Crippen molar-refractivity contribution in [3.63, 3.8) is 0 Å². The zero-order valence-electron chi connectivity index (χ0n) is 18.1. The van der Waals surface area contributed by atoms with Crippen LogP contribution in [-0.2, 0) is 9.59 Å². The summed E-state index contributed by atoms with van der Waals surface area (Å²) in [5.74, 6) is 9.89. The van der Waals surface area contributed by atoms with Gasteiger partial charge in [-0.05, 0) is 66.9 Å². The van der Waals surface area contributed by atoms with Crippen LogP contribution >= 0.6 is 0 Å². The molecule has 33 heavy (non-hydrogen) atoms. The predicted octanol–water partition coefficient (Wildman–Crippen LogP) is 0.200. The van der Waals surface area contributed by atoms with Gasteiger partial charge in [0.2, 0.25) is 5.91 Å². The molecule has 0 aromatic heterocycles. The molecule has 1 atom stereocenters. The van der Waals surface area contributed by atoms with E-state index >= 15 is 0 Å². The quantitative estimate of drug-likeness (QED) is 0.194. The van der Waals surface area contributed by atoms with E-state index in [2.05, 4.69) is 39.6 Å². The highest BCUT2D eigenvalue weighted by Gasteiger charge is 2.19. The van der Waals surface area contributed by atoms with Gasteiger partial charge < -0.3 is 21.7 Å². The van der Waals surface area contributed by atoms with Gasteiger partial charge in [0.05, 0.1) is 6.54 Å². The Morgan fingerprint density at radius 1 is 0.970 bits per heavy atom. The van der Waals surface area contributed by atoms with Crippen molar-refractivity contribution in [1.82, 2.24) is 16.1 Å². The third kappa shape index (κ3) is 8.48. The normalized spacial score (nSPS) is 10.5. The molecule has 0 spiro atoms. The molecule has 0 aliphatic carbocycles. The van der Waals surface area contributed by atoms with Gasteiger partial charge in [0.15, 0.2) is 0 Å². The molecule has 0 unspecified atom stereocenters. The summed E-state index contributed by atoms with van der Waals surface area (Å²) < 4.78 is 0. The molecule has 0 saturated carbocycles. The topological polar surface area (TPSA) is 146 Å². The van der Waals surface area contributed by atoms with Crippen molar-refractivity contribution in [3.05, 3.63) is 65.2 Å². The maximum atomic E-state index is 12.2. The lowest BCUT2D eigenvalue weighted by molar-refractivity contribution is -0.130. The fraction of sp³-hybridized carbons (Fsp3) is 0.208. The Bertz CT molecular complexity index is 1090. The van der Waals surface area contributed by atoms with Gasteiger partial charge in [0.25, 0.3) is 11.8 Å². The molecule has 170 valence electrons. The zero-order valence-corrected chi connectivity index (χ0v) is 18.1. The van der Waals surface area contributed by atoms with Gasteiger partial charge in [-0.3, -0.25) is 19.6 Å². The second-order valence-corrected chi connectivity index (χ2v) is 6.72. The molecule has 0 bridgehead atoms. The standard InChI is InChI=1S/C24H25N5O4/c1-2-26-16-22(30)27-20-13-9-18(10-14-20)6-4-3-5-17-7-11-19(12-8-17)23(31)28-21(15-25)24(32)29-33/h7-14,21,26,33H,2,15-16,25H2,1H3,(H,27,30)(H,28,31)(H,29,32)/t21-/m0/s1. The van der Waals surface area contributed by atoms with Crippen LogP contribution in [0.1, 0.15) is 28.4 Å². The maximum Gasteiger partial charge on any atom is 0.267 e. The van der Waals surface area contributed by atoms with Gasteiger partial charge in [-0.1, -0.05) is 18.8 Å². The highest BCUT2D eigenvalue weighted by Crippen LogP contribution is 2.08. The van der Waals surface area contributed by atoms with Gasteiger partial charge in [-0.2, -0.15) is 0 Å². The first-order valence-electron chi connectivity index (χ1n) is 10.1. The number of benzene rings is 2. The van der Waals surface area contributed by atoms with E-state index in [4.69, 9.17) is 10.9 Å². The van der Waals surface area contributed by atoms with Crippen LogP contribution in [0.2, 0.25) is 0 Å². The number of hydrogen-bond donors (Lipinski definition) is 6. The number of amides is 3. The van der Waals surface area contributed by atoms with Crippen molar-refractivity contribution >= 4 is 23.4 Å². The average Bonchev–Trinajstić information content (AvgIpc) is 2.84. The molecule has 3 amide bonds. The summed E-state index contributed by atoms with van der Waals surface area (Å²) in [4.78, 5) is 35.3. The summed E-state index contributed by atoms with van der Waals surface area (Å²) in [5.41, 5.74) is 9.28. The molecule has 0 aliphatic heterocycles. The lowest BCUT2D eigenvalue weighted by Crippen LogP contribution is -2.50. The smallest absolute Gasteiger partial charge is 0.267 e. The molecule has 9 heteroatoms. The third-order valence-corrected chi connectivity index (χ3v) is 4.30. The minimum absolute atomic E-state index is 0.111. The van der Waals surface area contributed by atoms with Gasteiger partial charge >= 0.3 is 0 Å². The second kappa shape index (κ2) is 13.3. The molecule has 2 rings (SSSR count). The summed E-state index contributed by atoms with van der Waals surface area (Å²) in [6.07, 6.45) is 0. The molecule has 0 aliphatic rings. The average molecular weight is 447 g/mol. The third-order valence-electron chi connectivity index (χ3n) is 4.30. The van der Waals surface area contributed by atoms with E-state index in [1.54, 1.807) is 48.5 Å². The zero-order chi connectivity index (χ0) is 24.1. The molecule has 0 radical (unpaired) electrons. The van der Waals surface area contributed by atoms with Crippen molar-refractivity contribution in [2.75, 3.05) is 25.0 Å². The van der Waals surface area contributed by atoms with E-state index in [9.17, 15) is 14.4 Å². The SMILES string of the molecule is CCNCC(=O)Nc1ccc(C#CC#Cc2ccc(C(=O)N[C@@H](CN)C(=O)NO)cc2)cc1. The number of carbonyl (C=O) groups excluding carboxylic acids is 3. The summed E-state index contributed by atoms with van der Waals surface area (Å²) >= 11 is 0. The molecule has 2 aromatic carbocycles. The van der Waals surface area contributed by atoms with Crippen molar-refractivity contribution in [3.8, 4) is 23.7 Å². The molecular weight excluding hydrogens is 422 g/mol. The van der Waals surface area contributed by atoms with Crippen molar-refractivity contribution in [2.45, 2.75) is 13.0 Å². The minimum Gasteiger partial charge on any atom is -0.339 e. The highest BCUT2D eigenvalue weighted by atomic mass is 16.5. The number of hydroxylamine groups is 1. The monoisotopic (exact) mass is 447 g/mol. The minimum atomic E-state index is -1.04. The lowest BCUT2D eigenvalue weighted by Gasteiger charge is -2.14. The van der Waals surface area contributed by atoms with E-state index in [0.29, 0.717) is 16.8 Å². The first-order chi connectivity index (χ1) is 16.0. The maximum absolute atomic E-state index is 12.2. The number of anilines is 1. The Hall–Kier alpha value is -4.15. The Morgan fingerprint density at radius 3 is 2.06 bits per heavy atom. The Labute approximate surface area is 192 Å². The number of likely N-dealkylation sites (N-methyl/N-ethyl adjacent to an activating group) is 1. The number of rotatable bonds is 8. The van der Waals surface area contributed by atoms with E-state index in [1.165, 1.54) is 5.48 Å². The molecular formula is C24H25N5O4. The summed E-state index contributed by atoms with van der Waals surface area (Å²) in [6.45, 7) is 2.76. The van der Waals surface area contributed by atoms with Gasteiger partial charge in [0, 0.05) is 28.9 Å². The molecule has 0 fully saturated rings. The summed E-state index contributed by atoms with van der Waals surface area (Å²) in [6, 6.07) is 12.5. The number of nitrogens with one attached hydrogen (secondary N) is 4. The first-order valence-corrected chi connectivity index (χ1v) is 10.1. The second-order valence-electron chi connectivity index (χ2n) is 6.72. The fourth-order valence-corrected chi connectivity index (χ4v) is 2.54. The number of nitrogens with two attached hydrogens (primary N) is 1. The van der Waals surface area contributed by atoms with Crippen molar-refractivity contribution in [1.29, 1.82) is 0 Å². The van der Waals surface area contributed by atoms with Gasteiger partial charge in [-0.15, -0.1) is 0 Å². The van der Waals surface area contributed by atoms with Gasteiger partial charge in [-0.25, -0.2) is 5.48 Å². The summed E-state index contributed by atoms with van der Waals surface area (Å²) in [7, 11) is 0. The number of hydrogen-bond acceptors (Lipinski definition) is 6. The highest BCUT2D eigenvalue weighted by molar-refractivity contribution is 5.97. The Morgan fingerprint density at radius 2 is 1.55 bits per heavy atom. The van der Waals surface area contributed by atoms with Crippen LogP contribution < -0.4 is 27.2 Å². The van der Waals surface area contributed by atoms with Crippen LogP contribution in [0.25, 0.3) is 0 Å². The van der Waals surface area contributed by atoms with E-state index in [-0.39, 0.29) is 19.0 Å². The van der Waals surface area contributed by atoms with Crippen LogP contribution in [0.3, 0.4) is 0 Å².